The molecule has 1 aromatic carbocycles. The lowest BCUT2D eigenvalue weighted by Crippen LogP contribution is -1.95. The van der Waals surface area contributed by atoms with E-state index in [2.05, 4.69) is 57.9 Å². The van der Waals surface area contributed by atoms with E-state index in [0.717, 1.165) is 11.0 Å². The quantitative estimate of drug-likeness (QED) is 0.713. The molecule has 0 saturated heterocycles. The van der Waals surface area contributed by atoms with Gasteiger partial charge in [0.05, 0.1) is 0 Å². The second-order valence-electron chi connectivity index (χ2n) is 3.92. The molecule has 0 unspecified atom stereocenters. The number of fused-ring (bicyclic) bond motifs is 1. The van der Waals surface area contributed by atoms with Crippen LogP contribution in [0.2, 0.25) is 0 Å². The van der Waals surface area contributed by atoms with Crippen LogP contribution in [0.5, 0.6) is 0 Å². The minimum atomic E-state index is 1.13. The normalized spacial score (nSPS) is 11.1. The SMILES string of the molecule is CCCCCn1ccc2ccc(Br)cc21. The summed E-state index contributed by atoms with van der Waals surface area (Å²) in [5.74, 6) is 0. The fourth-order valence-electron chi connectivity index (χ4n) is 1.88. The first-order valence-electron chi connectivity index (χ1n) is 5.55. The van der Waals surface area contributed by atoms with Crippen LogP contribution in [0.1, 0.15) is 26.2 Å². The molecule has 0 spiro atoms. The summed E-state index contributed by atoms with van der Waals surface area (Å²) >= 11 is 3.52. The van der Waals surface area contributed by atoms with Gasteiger partial charge in [-0.05, 0) is 30.0 Å². The number of aromatic nitrogens is 1. The van der Waals surface area contributed by atoms with Gasteiger partial charge in [0.1, 0.15) is 0 Å². The van der Waals surface area contributed by atoms with Crippen molar-refractivity contribution in [2.24, 2.45) is 0 Å². The Morgan fingerprint density at radius 2 is 2.07 bits per heavy atom. The summed E-state index contributed by atoms with van der Waals surface area (Å²) < 4.78 is 3.50. The largest absolute Gasteiger partial charge is 0.347 e. The number of rotatable bonds is 4. The molecule has 1 aromatic heterocycles. The Labute approximate surface area is 99.2 Å². The number of unbranched alkanes of at least 4 members (excludes halogenated alkanes) is 2. The number of nitrogens with zero attached hydrogens (tertiary/aromatic N) is 1. The van der Waals surface area contributed by atoms with Crippen molar-refractivity contribution in [2.75, 3.05) is 0 Å². The first kappa shape index (κ1) is 10.7. The Kier molecular flexibility index (Phi) is 3.47. The van der Waals surface area contributed by atoms with Crippen LogP contribution >= 0.6 is 15.9 Å². The highest BCUT2D eigenvalue weighted by molar-refractivity contribution is 9.10. The molecule has 0 aliphatic rings. The molecule has 1 heterocycles. The molecule has 0 atom stereocenters. The van der Waals surface area contributed by atoms with Gasteiger partial charge in [0.2, 0.25) is 0 Å². The summed E-state index contributed by atoms with van der Waals surface area (Å²) in [6.07, 6.45) is 6.05. The zero-order valence-electron chi connectivity index (χ0n) is 9.04. The standard InChI is InChI=1S/C13H16BrN/c1-2-3-4-8-15-9-7-11-5-6-12(14)10-13(11)15/h5-7,9-10H,2-4,8H2,1H3. The molecule has 2 rings (SSSR count). The third-order valence-electron chi connectivity index (χ3n) is 2.74. The maximum Gasteiger partial charge on any atom is 0.0491 e. The van der Waals surface area contributed by atoms with E-state index in [4.69, 9.17) is 0 Å². The van der Waals surface area contributed by atoms with Gasteiger partial charge in [-0.3, -0.25) is 0 Å². The smallest absolute Gasteiger partial charge is 0.0491 e. The van der Waals surface area contributed by atoms with E-state index in [0.29, 0.717) is 0 Å². The number of hydrogen-bond acceptors (Lipinski definition) is 0. The lowest BCUT2D eigenvalue weighted by atomic mass is 10.2. The highest BCUT2D eigenvalue weighted by atomic mass is 79.9. The monoisotopic (exact) mass is 265 g/mol. The highest BCUT2D eigenvalue weighted by Crippen LogP contribution is 2.21. The maximum atomic E-state index is 3.52. The van der Waals surface area contributed by atoms with Crippen LogP contribution in [0, 0.1) is 0 Å². The van der Waals surface area contributed by atoms with Crippen LogP contribution in [0.15, 0.2) is 34.9 Å². The molecule has 2 aromatic rings. The molecule has 0 N–H and O–H groups in total. The average molecular weight is 266 g/mol. The lowest BCUT2D eigenvalue weighted by Gasteiger charge is -2.04. The third-order valence-corrected chi connectivity index (χ3v) is 3.23. The van der Waals surface area contributed by atoms with E-state index in [1.807, 2.05) is 0 Å². The van der Waals surface area contributed by atoms with E-state index in [1.165, 1.54) is 30.2 Å². The Morgan fingerprint density at radius 3 is 2.87 bits per heavy atom. The summed E-state index contributed by atoms with van der Waals surface area (Å²) in [5, 5.41) is 1.33. The molecule has 0 bridgehead atoms. The van der Waals surface area contributed by atoms with Crippen molar-refractivity contribution in [1.29, 1.82) is 0 Å². The molecule has 0 saturated carbocycles. The molecular weight excluding hydrogens is 250 g/mol. The molecule has 0 aliphatic heterocycles. The van der Waals surface area contributed by atoms with Gasteiger partial charge in [0.25, 0.3) is 0 Å². The Bertz CT molecular complexity index is 445. The molecule has 0 fully saturated rings. The van der Waals surface area contributed by atoms with Gasteiger partial charge in [0, 0.05) is 22.7 Å². The molecule has 0 amide bonds. The Balaban J connectivity index is 2.23. The summed E-state index contributed by atoms with van der Waals surface area (Å²) in [6, 6.07) is 8.64. The number of benzene rings is 1. The summed E-state index contributed by atoms with van der Waals surface area (Å²) in [4.78, 5) is 0. The minimum Gasteiger partial charge on any atom is -0.347 e. The average Bonchev–Trinajstić information content (AvgIpc) is 2.62. The summed E-state index contributed by atoms with van der Waals surface area (Å²) in [6.45, 7) is 3.37. The zero-order valence-corrected chi connectivity index (χ0v) is 10.6. The first-order chi connectivity index (χ1) is 7.31. The molecule has 80 valence electrons. The zero-order chi connectivity index (χ0) is 10.7. The van der Waals surface area contributed by atoms with Gasteiger partial charge < -0.3 is 4.57 Å². The van der Waals surface area contributed by atoms with Crippen molar-refractivity contribution in [2.45, 2.75) is 32.7 Å². The number of aryl methyl sites for hydroxylation is 1. The molecule has 1 nitrogen and oxygen atoms in total. The van der Waals surface area contributed by atoms with Crippen LogP contribution in [-0.2, 0) is 6.54 Å². The minimum absolute atomic E-state index is 1.13. The maximum absolute atomic E-state index is 3.52. The van der Waals surface area contributed by atoms with Gasteiger partial charge in [-0.15, -0.1) is 0 Å². The van der Waals surface area contributed by atoms with E-state index in [9.17, 15) is 0 Å². The molecule has 15 heavy (non-hydrogen) atoms. The van der Waals surface area contributed by atoms with E-state index >= 15 is 0 Å². The molecule has 2 heteroatoms. The van der Waals surface area contributed by atoms with Crippen LogP contribution in [0.4, 0.5) is 0 Å². The fraction of sp³-hybridized carbons (Fsp3) is 0.385. The molecule has 0 radical (unpaired) electrons. The topological polar surface area (TPSA) is 4.93 Å². The van der Waals surface area contributed by atoms with Gasteiger partial charge in [-0.25, -0.2) is 0 Å². The van der Waals surface area contributed by atoms with Crippen molar-refractivity contribution in [1.82, 2.24) is 4.57 Å². The van der Waals surface area contributed by atoms with Gasteiger partial charge in [-0.1, -0.05) is 41.8 Å². The van der Waals surface area contributed by atoms with Crippen LogP contribution in [0.3, 0.4) is 0 Å². The Hall–Kier alpha value is -0.760. The summed E-state index contributed by atoms with van der Waals surface area (Å²) in [7, 11) is 0. The number of hydrogen-bond donors (Lipinski definition) is 0. The van der Waals surface area contributed by atoms with Gasteiger partial charge >= 0.3 is 0 Å². The van der Waals surface area contributed by atoms with Crippen LogP contribution in [-0.4, -0.2) is 4.57 Å². The third kappa shape index (κ3) is 2.43. The van der Waals surface area contributed by atoms with E-state index < -0.39 is 0 Å². The predicted octanol–water partition coefficient (Wildman–Crippen LogP) is 4.59. The Morgan fingerprint density at radius 1 is 1.20 bits per heavy atom. The van der Waals surface area contributed by atoms with E-state index in [1.54, 1.807) is 0 Å². The predicted molar refractivity (Wildman–Crippen MR) is 69.2 cm³/mol. The molecule has 0 aliphatic carbocycles. The summed E-state index contributed by atoms with van der Waals surface area (Å²) in [5.41, 5.74) is 1.33. The van der Waals surface area contributed by atoms with E-state index in [-0.39, 0.29) is 0 Å². The van der Waals surface area contributed by atoms with Crippen molar-refractivity contribution in [3.05, 3.63) is 34.9 Å². The van der Waals surface area contributed by atoms with Crippen molar-refractivity contribution < 1.29 is 0 Å². The second-order valence-corrected chi connectivity index (χ2v) is 4.84. The second kappa shape index (κ2) is 4.84. The fourth-order valence-corrected chi connectivity index (χ4v) is 2.23. The highest BCUT2D eigenvalue weighted by Gasteiger charge is 2.00. The number of halogens is 1. The lowest BCUT2D eigenvalue weighted by molar-refractivity contribution is 0.616. The first-order valence-corrected chi connectivity index (χ1v) is 6.35. The van der Waals surface area contributed by atoms with Gasteiger partial charge in [-0.2, -0.15) is 0 Å². The van der Waals surface area contributed by atoms with Crippen molar-refractivity contribution in [3.63, 3.8) is 0 Å². The van der Waals surface area contributed by atoms with Crippen LogP contribution in [0.25, 0.3) is 10.9 Å². The molecular formula is C13H16BrN. The van der Waals surface area contributed by atoms with Gasteiger partial charge in [0.15, 0.2) is 0 Å². The van der Waals surface area contributed by atoms with Crippen LogP contribution < -0.4 is 0 Å². The van der Waals surface area contributed by atoms with Crippen molar-refractivity contribution in [3.8, 4) is 0 Å². The van der Waals surface area contributed by atoms with Crippen molar-refractivity contribution >= 4 is 26.8 Å².